The standard InChI is InChI=1S/C11H24N2O/c1-9-4-10(14)6-13(5-9)8-11(2,3)7-12/h9-10,14H,4-8,12H2,1-3H3/t9-,10+/m1/s1. The molecule has 1 fully saturated rings. The van der Waals surface area contributed by atoms with Crippen molar-refractivity contribution in [3.63, 3.8) is 0 Å². The highest BCUT2D eigenvalue weighted by molar-refractivity contribution is 4.81. The molecule has 2 atom stereocenters. The van der Waals surface area contributed by atoms with Gasteiger partial charge in [0, 0.05) is 19.6 Å². The van der Waals surface area contributed by atoms with Gasteiger partial charge in [-0.25, -0.2) is 0 Å². The van der Waals surface area contributed by atoms with Crippen LogP contribution < -0.4 is 5.73 Å². The van der Waals surface area contributed by atoms with Crippen molar-refractivity contribution in [1.82, 2.24) is 4.90 Å². The van der Waals surface area contributed by atoms with Gasteiger partial charge < -0.3 is 10.8 Å². The first-order valence-corrected chi connectivity index (χ1v) is 5.53. The largest absolute Gasteiger partial charge is 0.392 e. The highest BCUT2D eigenvalue weighted by atomic mass is 16.3. The smallest absolute Gasteiger partial charge is 0.0670 e. The van der Waals surface area contributed by atoms with E-state index in [0.717, 1.165) is 26.1 Å². The van der Waals surface area contributed by atoms with Gasteiger partial charge in [0.15, 0.2) is 0 Å². The molecular formula is C11H24N2O. The number of nitrogens with two attached hydrogens (primary N) is 1. The average Bonchev–Trinajstić information content (AvgIpc) is 2.01. The van der Waals surface area contributed by atoms with E-state index in [1.165, 1.54) is 0 Å². The zero-order valence-corrected chi connectivity index (χ0v) is 9.66. The summed E-state index contributed by atoms with van der Waals surface area (Å²) in [5.41, 5.74) is 5.87. The monoisotopic (exact) mass is 200 g/mol. The first-order valence-electron chi connectivity index (χ1n) is 5.53. The van der Waals surface area contributed by atoms with Crippen LogP contribution in [0.2, 0.25) is 0 Å². The van der Waals surface area contributed by atoms with Crippen molar-refractivity contribution < 1.29 is 5.11 Å². The first kappa shape index (κ1) is 12.0. The summed E-state index contributed by atoms with van der Waals surface area (Å²) in [6.45, 7) is 10.2. The summed E-state index contributed by atoms with van der Waals surface area (Å²) in [6, 6.07) is 0. The van der Waals surface area contributed by atoms with Gasteiger partial charge in [0.25, 0.3) is 0 Å². The van der Waals surface area contributed by atoms with Crippen LogP contribution in [0.15, 0.2) is 0 Å². The summed E-state index contributed by atoms with van der Waals surface area (Å²) >= 11 is 0. The van der Waals surface area contributed by atoms with E-state index in [1.807, 2.05) is 0 Å². The van der Waals surface area contributed by atoms with Crippen LogP contribution in [-0.4, -0.2) is 42.3 Å². The highest BCUT2D eigenvalue weighted by Gasteiger charge is 2.27. The third-order valence-corrected chi connectivity index (χ3v) is 2.92. The van der Waals surface area contributed by atoms with Crippen LogP contribution in [0.3, 0.4) is 0 Å². The summed E-state index contributed by atoms with van der Waals surface area (Å²) in [6.07, 6.45) is 0.798. The van der Waals surface area contributed by atoms with E-state index in [1.54, 1.807) is 0 Å². The second-order valence-corrected chi connectivity index (χ2v) is 5.56. The lowest BCUT2D eigenvalue weighted by Gasteiger charge is -2.38. The quantitative estimate of drug-likeness (QED) is 0.704. The van der Waals surface area contributed by atoms with Crippen LogP contribution in [0.25, 0.3) is 0 Å². The van der Waals surface area contributed by atoms with E-state index < -0.39 is 0 Å². The van der Waals surface area contributed by atoms with Crippen LogP contribution in [0.5, 0.6) is 0 Å². The lowest BCUT2D eigenvalue weighted by molar-refractivity contribution is 0.0279. The second kappa shape index (κ2) is 4.60. The molecule has 0 radical (unpaired) electrons. The Kier molecular flexibility index (Phi) is 3.93. The van der Waals surface area contributed by atoms with E-state index in [0.29, 0.717) is 12.5 Å². The van der Waals surface area contributed by atoms with Crippen molar-refractivity contribution >= 4 is 0 Å². The second-order valence-electron chi connectivity index (χ2n) is 5.56. The fourth-order valence-electron chi connectivity index (χ4n) is 2.23. The van der Waals surface area contributed by atoms with Crippen LogP contribution in [-0.2, 0) is 0 Å². The van der Waals surface area contributed by atoms with Crippen molar-refractivity contribution in [2.24, 2.45) is 17.1 Å². The number of aliphatic hydroxyl groups excluding tert-OH is 1. The van der Waals surface area contributed by atoms with Gasteiger partial charge >= 0.3 is 0 Å². The molecule has 3 N–H and O–H groups in total. The Morgan fingerprint density at radius 3 is 2.57 bits per heavy atom. The molecule has 0 amide bonds. The number of hydrogen-bond donors (Lipinski definition) is 2. The van der Waals surface area contributed by atoms with Gasteiger partial charge in [-0.05, 0) is 24.3 Å². The Balaban J connectivity index is 2.44. The van der Waals surface area contributed by atoms with Gasteiger partial charge in [-0.15, -0.1) is 0 Å². The zero-order valence-electron chi connectivity index (χ0n) is 9.66. The predicted molar refractivity (Wildman–Crippen MR) is 59.1 cm³/mol. The maximum atomic E-state index is 9.65. The molecule has 84 valence electrons. The Labute approximate surface area is 87.3 Å². The lowest BCUT2D eigenvalue weighted by atomic mass is 9.90. The van der Waals surface area contributed by atoms with Crippen LogP contribution in [0.1, 0.15) is 27.2 Å². The van der Waals surface area contributed by atoms with Crippen molar-refractivity contribution in [3.8, 4) is 0 Å². The number of rotatable bonds is 3. The minimum atomic E-state index is -0.146. The van der Waals surface area contributed by atoms with Gasteiger partial charge in [0.1, 0.15) is 0 Å². The SMILES string of the molecule is C[C@@H]1C[C@H](O)CN(CC(C)(C)CN)C1. The van der Waals surface area contributed by atoms with Crippen molar-refractivity contribution in [3.05, 3.63) is 0 Å². The van der Waals surface area contributed by atoms with E-state index in [-0.39, 0.29) is 11.5 Å². The third-order valence-electron chi connectivity index (χ3n) is 2.92. The number of hydrogen-bond acceptors (Lipinski definition) is 3. The van der Waals surface area contributed by atoms with Gasteiger partial charge in [0.2, 0.25) is 0 Å². The van der Waals surface area contributed by atoms with Crippen LogP contribution >= 0.6 is 0 Å². The molecule has 0 unspecified atom stereocenters. The fraction of sp³-hybridized carbons (Fsp3) is 1.00. The molecule has 0 saturated carbocycles. The number of piperidine rings is 1. The number of likely N-dealkylation sites (tertiary alicyclic amines) is 1. The van der Waals surface area contributed by atoms with E-state index in [9.17, 15) is 5.11 Å². The summed E-state index contributed by atoms with van der Waals surface area (Å²) in [5, 5.41) is 9.65. The van der Waals surface area contributed by atoms with Crippen molar-refractivity contribution in [1.29, 1.82) is 0 Å². The van der Waals surface area contributed by atoms with Crippen LogP contribution in [0.4, 0.5) is 0 Å². The molecule has 1 aliphatic heterocycles. The van der Waals surface area contributed by atoms with Gasteiger partial charge in [-0.1, -0.05) is 20.8 Å². The fourth-order valence-corrected chi connectivity index (χ4v) is 2.23. The average molecular weight is 200 g/mol. The van der Waals surface area contributed by atoms with Crippen molar-refractivity contribution in [2.45, 2.75) is 33.3 Å². The van der Waals surface area contributed by atoms with E-state index >= 15 is 0 Å². The molecular weight excluding hydrogens is 176 g/mol. The Bertz CT molecular complexity index is 172. The van der Waals surface area contributed by atoms with E-state index in [2.05, 4.69) is 25.7 Å². The first-order chi connectivity index (χ1) is 6.43. The summed E-state index contributed by atoms with van der Waals surface area (Å²) < 4.78 is 0. The predicted octanol–water partition coefficient (Wildman–Crippen LogP) is 0.674. The molecule has 1 heterocycles. The highest BCUT2D eigenvalue weighted by Crippen LogP contribution is 2.21. The molecule has 1 aliphatic rings. The minimum Gasteiger partial charge on any atom is -0.392 e. The number of nitrogens with zero attached hydrogens (tertiary/aromatic N) is 1. The molecule has 3 nitrogen and oxygen atoms in total. The van der Waals surface area contributed by atoms with Crippen LogP contribution in [0, 0.1) is 11.3 Å². The maximum Gasteiger partial charge on any atom is 0.0670 e. The topological polar surface area (TPSA) is 49.5 Å². The molecule has 0 aromatic carbocycles. The maximum absolute atomic E-state index is 9.65. The molecule has 0 bridgehead atoms. The molecule has 0 aromatic rings. The normalized spacial score (nSPS) is 30.6. The molecule has 1 rings (SSSR count). The summed E-state index contributed by atoms with van der Waals surface area (Å²) in [5.74, 6) is 0.604. The Morgan fingerprint density at radius 1 is 1.43 bits per heavy atom. The molecule has 0 aromatic heterocycles. The molecule has 14 heavy (non-hydrogen) atoms. The molecule has 3 heteroatoms. The van der Waals surface area contributed by atoms with Gasteiger partial charge in [-0.3, -0.25) is 4.90 Å². The van der Waals surface area contributed by atoms with E-state index in [4.69, 9.17) is 5.73 Å². The van der Waals surface area contributed by atoms with Gasteiger partial charge in [-0.2, -0.15) is 0 Å². The zero-order chi connectivity index (χ0) is 10.8. The minimum absolute atomic E-state index is 0.146. The molecule has 1 saturated heterocycles. The summed E-state index contributed by atoms with van der Waals surface area (Å²) in [7, 11) is 0. The summed E-state index contributed by atoms with van der Waals surface area (Å²) in [4.78, 5) is 2.34. The molecule has 0 spiro atoms. The lowest BCUT2D eigenvalue weighted by Crippen LogP contribution is -2.47. The third kappa shape index (κ3) is 3.56. The Morgan fingerprint density at radius 2 is 2.07 bits per heavy atom. The molecule has 0 aliphatic carbocycles. The number of β-amino-alcohol motifs (C(OH)–C–C–N with tert-alkyl or cyclic N) is 1. The number of aliphatic hydroxyl groups is 1. The van der Waals surface area contributed by atoms with Gasteiger partial charge in [0.05, 0.1) is 6.10 Å². The Hall–Kier alpha value is -0.120. The van der Waals surface area contributed by atoms with Crippen molar-refractivity contribution in [2.75, 3.05) is 26.2 Å².